The molecule has 3 nitrogen and oxygen atoms in total. The van der Waals surface area contributed by atoms with E-state index in [0.717, 1.165) is 31.4 Å². The van der Waals surface area contributed by atoms with Gasteiger partial charge in [-0.15, -0.1) is 12.4 Å². The van der Waals surface area contributed by atoms with E-state index in [1.54, 1.807) is 0 Å². The van der Waals surface area contributed by atoms with Gasteiger partial charge in [-0.25, -0.2) is 0 Å². The number of benzene rings is 1. The van der Waals surface area contributed by atoms with Crippen LogP contribution in [0.4, 0.5) is 0 Å². The predicted octanol–water partition coefficient (Wildman–Crippen LogP) is 2.86. The van der Waals surface area contributed by atoms with Gasteiger partial charge in [0.05, 0.1) is 0 Å². The summed E-state index contributed by atoms with van der Waals surface area (Å²) in [4.78, 5) is 12.4. The lowest BCUT2D eigenvalue weighted by Gasteiger charge is -2.28. The first-order valence-electron chi connectivity index (χ1n) is 7.88. The lowest BCUT2D eigenvalue weighted by Crippen LogP contribution is -2.46. The minimum absolute atomic E-state index is 0. The molecule has 1 aromatic rings. The summed E-state index contributed by atoms with van der Waals surface area (Å²) >= 11 is 0. The Kier molecular flexibility index (Phi) is 5.65. The van der Waals surface area contributed by atoms with E-state index in [4.69, 9.17) is 0 Å². The van der Waals surface area contributed by atoms with Crippen LogP contribution in [0.25, 0.3) is 0 Å². The summed E-state index contributed by atoms with van der Waals surface area (Å²) in [6, 6.07) is 7.06. The maximum absolute atomic E-state index is 12.4. The molecule has 1 fully saturated rings. The van der Waals surface area contributed by atoms with Gasteiger partial charge in [-0.05, 0) is 75.3 Å². The molecule has 1 aliphatic heterocycles. The number of carbonyl (C=O) groups excluding carboxylic acids is 1. The van der Waals surface area contributed by atoms with Crippen molar-refractivity contribution >= 4 is 18.3 Å². The topological polar surface area (TPSA) is 41.1 Å². The summed E-state index contributed by atoms with van der Waals surface area (Å²) in [5.41, 5.74) is 3.64. The van der Waals surface area contributed by atoms with Gasteiger partial charge in [0, 0.05) is 17.6 Å². The summed E-state index contributed by atoms with van der Waals surface area (Å²) < 4.78 is 0. The summed E-state index contributed by atoms with van der Waals surface area (Å²) in [6.07, 6.45) is 6.89. The standard InChI is InChI=1S/C17H24N2O.ClH/c1-12-10-16(8-9-18-12)19-17(20)15-7-6-13-4-2-3-5-14(13)11-15;/h6-7,11-12,16,18H,2-5,8-10H2,1H3,(H,19,20);1H. The average Bonchev–Trinajstić information content (AvgIpc) is 2.47. The number of fused-ring (bicyclic) bond motifs is 1. The van der Waals surface area contributed by atoms with Gasteiger partial charge in [0.2, 0.25) is 0 Å². The van der Waals surface area contributed by atoms with Crippen molar-refractivity contribution in [3.63, 3.8) is 0 Å². The quantitative estimate of drug-likeness (QED) is 0.882. The Morgan fingerprint density at radius 1 is 1.24 bits per heavy atom. The van der Waals surface area contributed by atoms with Crippen LogP contribution in [0.1, 0.15) is 54.1 Å². The van der Waals surface area contributed by atoms with Gasteiger partial charge in [0.25, 0.3) is 5.91 Å². The third-order valence-corrected chi connectivity index (χ3v) is 4.57. The van der Waals surface area contributed by atoms with E-state index >= 15 is 0 Å². The maximum atomic E-state index is 12.4. The first-order valence-corrected chi connectivity index (χ1v) is 7.88. The van der Waals surface area contributed by atoms with Crippen molar-refractivity contribution in [2.45, 2.75) is 57.5 Å². The van der Waals surface area contributed by atoms with Crippen molar-refractivity contribution < 1.29 is 4.79 Å². The molecule has 2 aliphatic rings. The molecule has 1 amide bonds. The molecule has 0 aromatic heterocycles. The first-order chi connectivity index (χ1) is 9.72. The van der Waals surface area contributed by atoms with Crippen molar-refractivity contribution in [3.05, 3.63) is 34.9 Å². The Morgan fingerprint density at radius 3 is 2.76 bits per heavy atom. The number of nitrogens with one attached hydrogen (secondary N) is 2. The van der Waals surface area contributed by atoms with Gasteiger partial charge < -0.3 is 10.6 Å². The largest absolute Gasteiger partial charge is 0.349 e. The highest BCUT2D eigenvalue weighted by atomic mass is 35.5. The molecule has 2 atom stereocenters. The Bertz CT molecular complexity index is 504. The summed E-state index contributed by atoms with van der Waals surface area (Å²) in [5.74, 6) is 0.0949. The molecule has 21 heavy (non-hydrogen) atoms. The molecule has 116 valence electrons. The first kappa shape index (κ1) is 16.3. The van der Waals surface area contributed by atoms with Gasteiger partial charge in [-0.2, -0.15) is 0 Å². The molecule has 0 spiro atoms. The monoisotopic (exact) mass is 308 g/mol. The van der Waals surface area contributed by atoms with Crippen LogP contribution < -0.4 is 10.6 Å². The predicted molar refractivity (Wildman–Crippen MR) is 88.3 cm³/mol. The van der Waals surface area contributed by atoms with Crippen LogP contribution in [0.15, 0.2) is 18.2 Å². The zero-order valence-corrected chi connectivity index (χ0v) is 13.5. The van der Waals surface area contributed by atoms with Crippen LogP contribution in [0.2, 0.25) is 0 Å². The summed E-state index contributed by atoms with van der Waals surface area (Å²) in [5, 5.41) is 6.61. The fraction of sp³-hybridized carbons (Fsp3) is 0.588. The lowest BCUT2D eigenvalue weighted by molar-refractivity contribution is 0.0925. The number of hydrogen-bond acceptors (Lipinski definition) is 2. The minimum atomic E-state index is 0. The molecule has 0 bridgehead atoms. The molecule has 2 N–H and O–H groups in total. The second kappa shape index (κ2) is 7.28. The van der Waals surface area contributed by atoms with E-state index in [2.05, 4.69) is 29.7 Å². The minimum Gasteiger partial charge on any atom is -0.349 e. The Balaban J connectivity index is 0.00000161. The van der Waals surface area contributed by atoms with Crippen molar-refractivity contribution in [1.29, 1.82) is 0 Å². The van der Waals surface area contributed by atoms with Gasteiger partial charge >= 0.3 is 0 Å². The molecule has 0 saturated carbocycles. The van der Waals surface area contributed by atoms with Gasteiger partial charge in [-0.1, -0.05) is 6.07 Å². The molecule has 3 rings (SSSR count). The zero-order valence-electron chi connectivity index (χ0n) is 12.7. The smallest absolute Gasteiger partial charge is 0.251 e. The van der Waals surface area contributed by atoms with Crippen molar-refractivity contribution in [2.75, 3.05) is 6.54 Å². The number of hydrogen-bond donors (Lipinski definition) is 2. The molecule has 0 radical (unpaired) electrons. The van der Waals surface area contributed by atoms with Crippen molar-refractivity contribution in [2.24, 2.45) is 0 Å². The molecule has 1 aromatic carbocycles. The number of piperidine rings is 1. The molecule has 1 saturated heterocycles. The molecular weight excluding hydrogens is 284 g/mol. The number of rotatable bonds is 2. The molecule has 2 unspecified atom stereocenters. The number of halogens is 1. The summed E-state index contributed by atoms with van der Waals surface area (Å²) in [6.45, 7) is 3.17. The average molecular weight is 309 g/mol. The van der Waals surface area contributed by atoms with Crippen LogP contribution in [0.3, 0.4) is 0 Å². The van der Waals surface area contributed by atoms with Crippen LogP contribution in [-0.4, -0.2) is 24.5 Å². The van der Waals surface area contributed by atoms with Crippen LogP contribution >= 0.6 is 12.4 Å². The van der Waals surface area contributed by atoms with Crippen LogP contribution in [0, 0.1) is 0 Å². The molecule has 4 heteroatoms. The number of amides is 1. The maximum Gasteiger partial charge on any atom is 0.251 e. The van der Waals surface area contributed by atoms with E-state index in [1.165, 1.54) is 30.4 Å². The molecule has 1 heterocycles. The second-order valence-electron chi connectivity index (χ2n) is 6.24. The third-order valence-electron chi connectivity index (χ3n) is 4.57. The highest BCUT2D eigenvalue weighted by Gasteiger charge is 2.21. The van der Waals surface area contributed by atoms with Crippen LogP contribution in [0.5, 0.6) is 0 Å². The highest BCUT2D eigenvalue weighted by Crippen LogP contribution is 2.22. The fourth-order valence-electron chi connectivity index (χ4n) is 3.41. The second-order valence-corrected chi connectivity index (χ2v) is 6.24. The third kappa shape index (κ3) is 3.98. The van der Waals surface area contributed by atoms with Gasteiger partial charge in [0.1, 0.15) is 0 Å². The van der Waals surface area contributed by atoms with Crippen molar-refractivity contribution in [3.8, 4) is 0 Å². The number of carbonyl (C=O) groups is 1. The van der Waals surface area contributed by atoms with Crippen LogP contribution in [-0.2, 0) is 12.8 Å². The van der Waals surface area contributed by atoms with E-state index in [0.29, 0.717) is 12.1 Å². The van der Waals surface area contributed by atoms with Crippen molar-refractivity contribution in [1.82, 2.24) is 10.6 Å². The molecular formula is C17H25ClN2O. The van der Waals surface area contributed by atoms with E-state index in [9.17, 15) is 4.79 Å². The Labute approximate surface area is 133 Å². The van der Waals surface area contributed by atoms with E-state index < -0.39 is 0 Å². The fourth-order valence-corrected chi connectivity index (χ4v) is 3.41. The van der Waals surface area contributed by atoms with E-state index in [1.807, 2.05) is 6.07 Å². The van der Waals surface area contributed by atoms with Gasteiger partial charge in [0.15, 0.2) is 0 Å². The summed E-state index contributed by atoms with van der Waals surface area (Å²) in [7, 11) is 0. The Hall–Kier alpha value is -1.06. The van der Waals surface area contributed by atoms with Gasteiger partial charge in [-0.3, -0.25) is 4.79 Å². The highest BCUT2D eigenvalue weighted by molar-refractivity contribution is 5.94. The SMILES string of the molecule is CC1CC(NC(=O)c2ccc3c(c2)CCCC3)CCN1.Cl. The Morgan fingerprint density at radius 2 is 2.00 bits per heavy atom. The van der Waals surface area contributed by atoms with E-state index in [-0.39, 0.29) is 18.3 Å². The number of aryl methyl sites for hydroxylation is 2. The zero-order chi connectivity index (χ0) is 13.9. The lowest BCUT2D eigenvalue weighted by atomic mass is 9.90. The molecule has 1 aliphatic carbocycles. The normalized spacial score (nSPS) is 24.6.